The summed E-state index contributed by atoms with van der Waals surface area (Å²) in [4.78, 5) is 16.9. The van der Waals surface area contributed by atoms with Gasteiger partial charge in [0.2, 0.25) is 5.91 Å². The molecule has 2 aromatic carbocycles. The first-order valence-electron chi connectivity index (χ1n) is 9.20. The summed E-state index contributed by atoms with van der Waals surface area (Å²) in [6, 6.07) is 10.4. The van der Waals surface area contributed by atoms with E-state index in [0.29, 0.717) is 29.8 Å². The highest BCUT2D eigenvalue weighted by Gasteiger charge is 2.17. The van der Waals surface area contributed by atoms with Gasteiger partial charge in [0.1, 0.15) is 13.2 Å². The standard InChI is InChI=1S/C20H20N2O5S2/c1-13-4-6-14(7-5-13)29(24,25)10-2-3-19(23)22-20-21-15-11-16-17(12-18(15)28-20)27-9-8-26-16/h4-7,11-12H,2-3,8-10H2,1H3,(H,21,22,23). The molecular weight excluding hydrogens is 412 g/mol. The van der Waals surface area contributed by atoms with Crippen molar-refractivity contribution in [2.75, 3.05) is 24.3 Å². The highest BCUT2D eigenvalue weighted by Crippen LogP contribution is 2.37. The number of aryl methyl sites for hydroxylation is 1. The molecular formula is C20H20N2O5S2. The molecule has 0 radical (unpaired) electrons. The van der Waals surface area contributed by atoms with Gasteiger partial charge in [0.05, 0.1) is 20.9 Å². The van der Waals surface area contributed by atoms with Crippen molar-refractivity contribution in [3.05, 3.63) is 42.0 Å². The Morgan fingerprint density at radius 2 is 1.83 bits per heavy atom. The smallest absolute Gasteiger partial charge is 0.226 e. The number of hydrogen-bond acceptors (Lipinski definition) is 7. The summed E-state index contributed by atoms with van der Waals surface area (Å²) >= 11 is 1.34. The number of aromatic nitrogens is 1. The lowest BCUT2D eigenvalue weighted by molar-refractivity contribution is -0.116. The van der Waals surface area contributed by atoms with Gasteiger partial charge in [-0.1, -0.05) is 29.0 Å². The van der Waals surface area contributed by atoms with E-state index in [0.717, 1.165) is 15.8 Å². The second-order valence-electron chi connectivity index (χ2n) is 6.77. The molecule has 3 aromatic rings. The van der Waals surface area contributed by atoms with Crippen LogP contribution in [0, 0.1) is 6.92 Å². The molecule has 2 heterocycles. The Labute approximate surface area is 172 Å². The minimum atomic E-state index is -3.40. The van der Waals surface area contributed by atoms with Gasteiger partial charge < -0.3 is 14.8 Å². The second-order valence-corrected chi connectivity index (χ2v) is 9.91. The number of carbonyl (C=O) groups is 1. The highest BCUT2D eigenvalue weighted by atomic mass is 32.2. The molecule has 1 aromatic heterocycles. The summed E-state index contributed by atoms with van der Waals surface area (Å²) in [6.07, 6.45) is 0.340. The summed E-state index contributed by atoms with van der Waals surface area (Å²) in [5, 5.41) is 3.21. The summed E-state index contributed by atoms with van der Waals surface area (Å²) in [7, 11) is -3.40. The molecule has 152 valence electrons. The van der Waals surface area contributed by atoms with Gasteiger partial charge in [0.15, 0.2) is 26.5 Å². The molecule has 0 saturated carbocycles. The van der Waals surface area contributed by atoms with Crippen LogP contribution in [0.3, 0.4) is 0 Å². The van der Waals surface area contributed by atoms with Crippen molar-refractivity contribution in [3.8, 4) is 11.5 Å². The monoisotopic (exact) mass is 432 g/mol. The molecule has 0 saturated heterocycles. The first-order chi connectivity index (χ1) is 13.9. The van der Waals surface area contributed by atoms with Crippen LogP contribution < -0.4 is 14.8 Å². The van der Waals surface area contributed by atoms with Crippen LogP contribution in [0.5, 0.6) is 11.5 Å². The number of thiazole rings is 1. The van der Waals surface area contributed by atoms with E-state index >= 15 is 0 Å². The third kappa shape index (κ3) is 4.51. The zero-order chi connectivity index (χ0) is 20.4. The van der Waals surface area contributed by atoms with Crippen molar-refractivity contribution < 1.29 is 22.7 Å². The van der Waals surface area contributed by atoms with Gasteiger partial charge in [0.25, 0.3) is 0 Å². The minimum Gasteiger partial charge on any atom is -0.486 e. The number of rotatable bonds is 6. The lowest BCUT2D eigenvalue weighted by Crippen LogP contribution is -2.15. The van der Waals surface area contributed by atoms with Gasteiger partial charge in [0, 0.05) is 18.6 Å². The molecule has 0 spiro atoms. The van der Waals surface area contributed by atoms with E-state index in [4.69, 9.17) is 9.47 Å². The van der Waals surface area contributed by atoms with Crippen molar-refractivity contribution in [2.24, 2.45) is 0 Å². The number of sulfone groups is 1. The van der Waals surface area contributed by atoms with E-state index in [1.54, 1.807) is 30.3 Å². The Morgan fingerprint density at radius 3 is 2.55 bits per heavy atom. The molecule has 7 nitrogen and oxygen atoms in total. The van der Waals surface area contributed by atoms with Crippen LogP contribution in [0.2, 0.25) is 0 Å². The number of benzene rings is 2. The molecule has 29 heavy (non-hydrogen) atoms. The van der Waals surface area contributed by atoms with E-state index in [1.807, 2.05) is 13.0 Å². The fourth-order valence-corrected chi connectivity index (χ4v) is 5.19. The molecule has 1 aliphatic heterocycles. The molecule has 4 rings (SSSR count). The van der Waals surface area contributed by atoms with Crippen LogP contribution in [0.25, 0.3) is 10.2 Å². The number of nitrogens with zero attached hydrogens (tertiary/aromatic N) is 1. The topological polar surface area (TPSA) is 94.6 Å². The number of nitrogens with one attached hydrogen (secondary N) is 1. The van der Waals surface area contributed by atoms with Gasteiger partial charge in [-0.2, -0.15) is 0 Å². The van der Waals surface area contributed by atoms with Crippen LogP contribution in [0.4, 0.5) is 5.13 Å². The van der Waals surface area contributed by atoms with Gasteiger partial charge in [-0.3, -0.25) is 4.79 Å². The normalized spacial score (nSPS) is 13.4. The average Bonchev–Trinajstić information content (AvgIpc) is 3.07. The SMILES string of the molecule is Cc1ccc(S(=O)(=O)CCCC(=O)Nc2nc3cc4c(cc3s2)OCCO4)cc1. The largest absolute Gasteiger partial charge is 0.486 e. The number of anilines is 1. The molecule has 0 fully saturated rings. The third-order valence-electron chi connectivity index (χ3n) is 4.50. The minimum absolute atomic E-state index is 0.0786. The summed E-state index contributed by atoms with van der Waals surface area (Å²) in [6.45, 7) is 2.90. The van der Waals surface area contributed by atoms with E-state index in [9.17, 15) is 13.2 Å². The number of fused-ring (bicyclic) bond motifs is 2. The zero-order valence-electron chi connectivity index (χ0n) is 15.8. The predicted octanol–water partition coefficient (Wildman–Crippen LogP) is 3.57. The summed E-state index contributed by atoms with van der Waals surface area (Å²) < 4.78 is 36.7. The van der Waals surface area contributed by atoms with Crippen molar-refractivity contribution >= 4 is 42.4 Å². The zero-order valence-corrected chi connectivity index (χ0v) is 17.4. The van der Waals surface area contributed by atoms with Gasteiger partial charge >= 0.3 is 0 Å². The van der Waals surface area contributed by atoms with E-state index < -0.39 is 9.84 Å². The van der Waals surface area contributed by atoms with Crippen molar-refractivity contribution in [2.45, 2.75) is 24.7 Å². The lowest BCUT2D eigenvalue weighted by Gasteiger charge is -2.17. The Morgan fingerprint density at radius 1 is 1.14 bits per heavy atom. The van der Waals surface area contributed by atoms with Crippen molar-refractivity contribution in [3.63, 3.8) is 0 Å². The van der Waals surface area contributed by atoms with E-state index in [1.165, 1.54) is 11.3 Å². The maximum Gasteiger partial charge on any atom is 0.226 e. The van der Waals surface area contributed by atoms with Gasteiger partial charge in [-0.15, -0.1) is 0 Å². The Kier molecular flexibility index (Phi) is 5.42. The number of ether oxygens (including phenoxy) is 2. The Bertz CT molecular complexity index is 1110. The molecule has 0 atom stereocenters. The highest BCUT2D eigenvalue weighted by molar-refractivity contribution is 7.91. The maximum atomic E-state index is 12.4. The van der Waals surface area contributed by atoms with Crippen molar-refractivity contribution in [1.82, 2.24) is 4.98 Å². The molecule has 9 heteroatoms. The van der Waals surface area contributed by atoms with Crippen LogP contribution in [-0.2, 0) is 14.6 Å². The fraction of sp³-hybridized carbons (Fsp3) is 0.300. The predicted molar refractivity (Wildman–Crippen MR) is 112 cm³/mol. The Balaban J connectivity index is 1.35. The molecule has 1 aliphatic rings. The third-order valence-corrected chi connectivity index (χ3v) is 7.25. The first-order valence-corrected chi connectivity index (χ1v) is 11.7. The number of hydrogen-bond donors (Lipinski definition) is 1. The second kappa shape index (κ2) is 8.00. The lowest BCUT2D eigenvalue weighted by atomic mass is 10.2. The first kappa shape index (κ1) is 19.7. The van der Waals surface area contributed by atoms with Crippen LogP contribution in [-0.4, -0.2) is 38.3 Å². The Hall–Kier alpha value is -2.65. The fourth-order valence-electron chi connectivity index (χ4n) is 2.99. The molecule has 0 aliphatic carbocycles. The summed E-state index contributed by atoms with van der Waals surface area (Å²) in [5.74, 6) is 0.977. The molecule has 1 N–H and O–H groups in total. The van der Waals surface area contributed by atoms with E-state index in [-0.39, 0.29) is 29.4 Å². The average molecular weight is 433 g/mol. The van der Waals surface area contributed by atoms with Crippen LogP contribution in [0.15, 0.2) is 41.3 Å². The van der Waals surface area contributed by atoms with E-state index in [2.05, 4.69) is 10.3 Å². The molecule has 0 unspecified atom stereocenters. The van der Waals surface area contributed by atoms with Gasteiger partial charge in [-0.25, -0.2) is 13.4 Å². The number of carbonyl (C=O) groups excluding carboxylic acids is 1. The summed E-state index contributed by atoms with van der Waals surface area (Å²) in [5.41, 5.74) is 1.72. The quantitative estimate of drug-likeness (QED) is 0.640. The molecule has 1 amide bonds. The van der Waals surface area contributed by atoms with Gasteiger partial charge in [-0.05, 0) is 25.5 Å². The van der Waals surface area contributed by atoms with Crippen LogP contribution >= 0.6 is 11.3 Å². The maximum absolute atomic E-state index is 12.4. The molecule has 0 bridgehead atoms. The number of amides is 1. The van der Waals surface area contributed by atoms with Crippen LogP contribution in [0.1, 0.15) is 18.4 Å². The van der Waals surface area contributed by atoms with Crippen molar-refractivity contribution in [1.29, 1.82) is 0 Å².